The lowest BCUT2D eigenvalue weighted by atomic mass is 10.1. The van der Waals surface area contributed by atoms with Gasteiger partial charge < -0.3 is 10.6 Å². The molecule has 136 valence electrons. The first-order valence-corrected chi connectivity index (χ1v) is 9.29. The number of rotatable bonds is 6. The van der Waals surface area contributed by atoms with Crippen LogP contribution in [0.1, 0.15) is 12.0 Å². The number of sulfonamides is 1. The lowest BCUT2D eigenvalue weighted by molar-refractivity contribution is 0.445. The van der Waals surface area contributed by atoms with E-state index < -0.39 is 10.0 Å². The summed E-state index contributed by atoms with van der Waals surface area (Å²) in [7, 11) is -1.38. The second-order valence-corrected chi connectivity index (χ2v) is 7.46. The van der Waals surface area contributed by atoms with Gasteiger partial charge in [0.2, 0.25) is 10.0 Å². The van der Waals surface area contributed by atoms with Crippen molar-refractivity contribution in [3.05, 3.63) is 35.6 Å². The fraction of sp³-hybridized carbons (Fsp3) is 0.533. The second-order valence-electron chi connectivity index (χ2n) is 5.37. The molecule has 1 saturated heterocycles. The number of benzene rings is 1. The van der Waals surface area contributed by atoms with E-state index in [1.54, 1.807) is 19.2 Å². The smallest absolute Gasteiger partial charge is 0.214 e. The zero-order chi connectivity index (χ0) is 16.7. The molecular formula is C15H24FIN4O2S. The van der Waals surface area contributed by atoms with E-state index in [0.29, 0.717) is 38.6 Å². The van der Waals surface area contributed by atoms with Crippen molar-refractivity contribution in [3.8, 4) is 0 Å². The monoisotopic (exact) mass is 470 g/mol. The summed E-state index contributed by atoms with van der Waals surface area (Å²) in [5, 5.41) is 6.26. The third-order valence-electron chi connectivity index (χ3n) is 3.70. The number of halogens is 2. The van der Waals surface area contributed by atoms with Crippen molar-refractivity contribution in [2.24, 2.45) is 4.99 Å². The lowest BCUT2D eigenvalue weighted by Crippen LogP contribution is -2.42. The predicted molar refractivity (Wildman–Crippen MR) is 105 cm³/mol. The fourth-order valence-corrected chi connectivity index (χ4v) is 3.97. The van der Waals surface area contributed by atoms with Crippen molar-refractivity contribution < 1.29 is 12.8 Å². The Labute approximate surface area is 160 Å². The summed E-state index contributed by atoms with van der Waals surface area (Å²) in [6.07, 6.45) is 1.45. The van der Waals surface area contributed by atoms with Crippen LogP contribution in [-0.2, 0) is 16.4 Å². The van der Waals surface area contributed by atoms with Gasteiger partial charge in [0, 0.05) is 33.2 Å². The quantitative estimate of drug-likeness (QED) is 0.372. The van der Waals surface area contributed by atoms with Gasteiger partial charge in [-0.15, -0.1) is 24.0 Å². The highest BCUT2D eigenvalue weighted by atomic mass is 127. The normalized spacial score (nSPS) is 17.3. The minimum atomic E-state index is -3.05. The molecular weight excluding hydrogens is 446 g/mol. The Balaban J connectivity index is 0.00000288. The van der Waals surface area contributed by atoms with Gasteiger partial charge in [0.05, 0.1) is 5.75 Å². The van der Waals surface area contributed by atoms with E-state index in [9.17, 15) is 12.8 Å². The highest BCUT2D eigenvalue weighted by Crippen LogP contribution is 2.11. The number of nitrogens with zero attached hydrogens (tertiary/aromatic N) is 2. The molecule has 0 aromatic heterocycles. The zero-order valence-corrected chi connectivity index (χ0v) is 16.8. The minimum absolute atomic E-state index is 0. The van der Waals surface area contributed by atoms with Gasteiger partial charge in [-0.1, -0.05) is 12.1 Å². The molecule has 1 aliphatic rings. The van der Waals surface area contributed by atoms with Crippen LogP contribution in [-0.4, -0.2) is 57.7 Å². The molecule has 1 aromatic rings. The Morgan fingerprint density at radius 1 is 1.25 bits per heavy atom. The topological polar surface area (TPSA) is 73.8 Å². The first-order valence-electron chi connectivity index (χ1n) is 7.68. The summed E-state index contributed by atoms with van der Waals surface area (Å²) in [6, 6.07) is 6.40. The molecule has 2 N–H and O–H groups in total. The first kappa shape index (κ1) is 21.1. The molecule has 1 aliphatic heterocycles. The third kappa shape index (κ3) is 6.52. The second kappa shape index (κ2) is 10.1. The number of guanidine groups is 1. The zero-order valence-electron chi connectivity index (χ0n) is 13.7. The molecule has 6 nitrogen and oxygen atoms in total. The number of hydrogen-bond donors (Lipinski definition) is 2. The van der Waals surface area contributed by atoms with Crippen LogP contribution in [0.3, 0.4) is 0 Å². The summed E-state index contributed by atoms with van der Waals surface area (Å²) in [4.78, 5) is 4.10. The van der Waals surface area contributed by atoms with Crippen molar-refractivity contribution >= 4 is 40.0 Å². The molecule has 1 fully saturated rings. The van der Waals surface area contributed by atoms with E-state index in [0.717, 1.165) is 12.0 Å². The lowest BCUT2D eigenvalue weighted by Gasteiger charge is -2.16. The van der Waals surface area contributed by atoms with Gasteiger partial charge in [-0.25, -0.2) is 17.1 Å². The molecule has 0 spiro atoms. The van der Waals surface area contributed by atoms with Crippen LogP contribution in [0.4, 0.5) is 4.39 Å². The Morgan fingerprint density at radius 2 is 1.92 bits per heavy atom. The van der Waals surface area contributed by atoms with Crippen LogP contribution in [0.5, 0.6) is 0 Å². The SMILES string of the molecule is CN=C(NCCc1ccc(F)cc1)NCCN1CCCS1(=O)=O.I. The van der Waals surface area contributed by atoms with E-state index in [4.69, 9.17) is 0 Å². The van der Waals surface area contributed by atoms with Crippen LogP contribution in [0.2, 0.25) is 0 Å². The summed E-state index contributed by atoms with van der Waals surface area (Å²) in [5.41, 5.74) is 1.04. The predicted octanol–water partition coefficient (Wildman–Crippen LogP) is 1.19. The maximum absolute atomic E-state index is 12.8. The molecule has 0 saturated carbocycles. The van der Waals surface area contributed by atoms with Crippen molar-refractivity contribution in [2.45, 2.75) is 12.8 Å². The summed E-state index contributed by atoms with van der Waals surface area (Å²) >= 11 is 0. The first-order chi connectivity index (χ1) is 11.0. The van der Waals surface area contributed by atoms with E-state index in [1.165, 1.54) is 16.4 Å². The highest BCUT2D eigenvalue weighted by molar-refractivity contribution is 14.0. The van der Waals surface area contributed by atoms with Gasteiger partial charge in [0.1, 0.15) is 5.82 Å². The molecule has 0 amide bonds. The van der Waals surface area contributed by atoms with E-state index >= 15 is 0 Å². The third-order valence-corrected chi connectivity index (χ3v) is 5.66. The Hall–Kier alpha value is -0.940. The van der Waals surface area contributed by atoms with Crippen LogP contribution in [0.25, 0.3) is 0 Å². The molecule has 0 aliphatic carbocycles. The van der Waals surface area contributed by atoms with E-state index in [-0.39, 0.29) is 35.5 Å². The maximum atomic E-state index is 12.8. The summed E-state index contributed by atoms with van der Waals surface area (Å²) in [6.45, 7) is 2.21. The van der Waals surface area contributed by atoms with Crippen LogP contribution in [0, 0.1) is 5.82 Å². The molecule has 1 heterocycles. The molecule has 0 radical (unpaired) electrons. The van der Waals surface area contributed by atoms with Gasteiger partial charge in [-0.05, 0) is 30.5 Å². The fourth-order valence-electron chi connectivity index (χ4n) is 2.44. The van der Waals surface area contributed by atoms with Crippen molar-refractivity contribution in [2.75, 3.05) is 39.0 Å². The largest absolute Gasteiger partial charge is 0.356 e. The average Bonchev–Trinajstić information content (AvgIpc) is 2.86. The van der Waals surface area contributed by atoms with Gasteiger partial charge in [0.25, 0.3) is 0 Å². The molecule has 1 aromatic carbocycles. The Morgan fingerprint density at radius 3 is 2.50 bits per heavy atom. The number of aliphatic imine (C=N–C) groups is 1. The van der Waals surface area contributed by atoms with Gasteiger partial charge in [0.15, 0.2) is 5.96 Å². The van der Waals surface area contributed by atoms with Crippen molar-refractivity contribution in [3.63, 3.8) is 0 Å². The van der Waals surface area contributed by atoms with Crippen LogP contribution in [0.15, 0.2) is 29.3 Å². The molecule has 0 atom stereocenters. The van der Waals surface area contributed by atoms with Crippen LogP contribution < -0.4 is 10.6 Å². The molecule has 0 bridgehead atoms. The summed E-state index contributed by atoms with van der Waals surface area (Å²) in [5.74, 6) is 0.636. The number of hydrogen-bond acceptors (Lipinski definition) is 3. The van der Waals surface area contributed by atoms with E-state index in [1.807, 2.05) is 0 Å². The standard InChI is InChI=1S/C15H23FN4O2S.HI/c1-17-15(18-8-7-13-3-5-14(16)6-4-13)19-9-11-20-10-2-12-23(20,21)22;/h3-6H,2,7-12H2,1H3,(H2,17,18,19);1H. The van der Waals surface area contributed by atoms with Gasteiger partial charge in [-0.3, -0.25) is 4.99 Å². The minimum Gasteiger partial charge on any atom is -0.356 e. The molecule has 2 rings (SSSR count). The van der Waals surface area contributed by atoms with Crippen molar-refractivity contribution in [1.82, 2.24) is 14.9 Å². The number of nitrogens with one attached hydrogen (secondary N) is 2. The molecule has 24 heavy (non-hydrogen) atoms. The van der Waals surface area contributed by atoms with Crippen LogP contribution >= 0.6 is 24.0 Å². The van der Waals surface area contributed by atoms with Gasteiger partial charge >= 0.3 is 0 Å². The molecule has 9 heteroatoms. The molecule has 0 unspecified atom stereocenters. The van der Waals surface area contributed by atoms with Gasteiger partial charge in [-0.2, -0.15) is 0 Å². The maximum Gasteiger partial charge on any atom is 0.214 e. The average molecular weight is 470 g/mol. The Kier molecular flexibility index (Phi) is 8.92. The Bertz CT molecular complexity index is 637. The summed E-state index contributed by atoms with van der Waals surface area (Å²) < 4.78 is 37.7. The van der Waals surface area contributed by atoms with E-state index in [2.05, 4.69) is 15.6 Å². The highest BCUT2D eigenvalue weighted by Gasteiger charge is 2.27. The van der Waals surface area contributed by atoms with Crippen molar-refractivity contribution in [1.29, 1.82) is 0 Å².